The normalized spacial score (nSPS) is 22.3. The number of nitrogens with zero attached hydrogens (tertiary/aromatic N) is 9. The maximum atomic E-state index is 5.63. The molecule has 0 saturated heterocycles. The quantitative estimate of drug-likeness (QED) is 0.161. The highest BCUT2D eigenvalue weighted by Gasteiger charge is 2.45. The van der Waals surface area contributed by atoms with Crippen LogP contribution in [0.5, 0.6) is 0 Å². The Labute approximate surface area is 398 Å². The fourth-order valence-electron chi connectivity index (χ4n) is 14.1. The summed E-state index contributed by atoms with van der Waals surface area (Å²) in [4.78, 5) is 47.7. The van der Waals surface area contributed by atoms with Crippen LogP contribution in [0.1, 0.15) is 127 Å². The van der Waals surface area contributed by atoms with Gasteiger partial charge in [-0.1, -0.05) is 91.0 Å². The molecular weight excluding hydrogens is 847 g/mol. The first-order valence-electron chi connectivity index (χ1n) is 25.1. The Morgan fingerprint density at radius 1 is 0.290 bits per heavy atom. The van der Waals surface area contributed by atoms with Gasteiger partial charge in [-0.15, -0.1) is 0 Å². The second-order valence-electron chi connectivity index (χ2n) is 20.7. The molecule has 4 aromatic carbocycles. The van der Waals surface area contributed by atoms with E-state index in [0.717, 1.165) is 120 Å². The molecule has 10 aromatic rings. The van der Waals surface area contributed by atoms with Crippen LogP contribution >= 0.6 is 0 Å². The summed E-state index contributed by atoms with van der Waals surface area (Å²) in [6.45, 7) is 0. The third-order valence-electron chi connectivity index (χ3n) is 17.0. The molecule has 6 bridgehead atoms. The van der Waals surface area contributed by atoms with Crippen LogP contribution in [0.4, 0.5) is 0 Å². The second-order valence-corrected chi connectivity index (χ2v) is 20.7. The molecule has 0 aliphatic heterocycles. The fraction of sp³-hybridized carbons (Fsp3) is 0.250. The molecule has 9 nitrogen and oxygen atoms in total. The van der Waals surface area contributed by atoms with Crippen molar-refractivity contribution in [1.29, 1.82) is 0 Å². The van der Waals surface area contributed by atoms with E-state index in [9.17, 15) is 0 Å². The summed E-state index contributed by atoms with van der Waals surface area (Å²) < 4.78 is 0. The van der Waals surface area contributed by atoms with Gasteiger partial charge in [-0.05, 0) is 145 Å². The van der Waals surface area contributed by atoms with Gasteiger partial charge in [0.05, 0.1) is 52.2 Å². The van der Waals surface area contributed by atoms with Crippen molar-refractivity contribution in [2.24, 2.45) is 0 Å². The number of hydrogen-bond acceptors (Lipinski definition) is 9. The molecule has 9 heteroatoms. The first-order valence-corrected chi connectivity index (χ1v) is 25.1. The summed E-state index contributed by atoms with van der Waals surface area (Å²) >= 11 is 0. The highest BCUT2D eigenvalue weighted by molar-refractivity contribution is 5.94. The number of benzene rings is 4. The van der Waals surface area contributed by atoms with E-state index in [1.807, 2.05) is 36.8 Å². The van der Waals surface area contributed by atoms with Gasteiger partial charge < -0.3 is 0 Å². The largest absolute Gasteiger partial charge is 0.244 e. The molecule has 0 amide bonds. The van der Waals surface area contributed by atoms with Crippen molar-refractivity contribution in [3.8, 4) is 67.9 Å². The van der Waals surface area contributed by atoms with Gasteiger partial charge in [-0.25, -0.2) is 44.9 Å². The third-order valence-corrected chi connectivity index (χ3v) is 17.0. The highest BCUT2D eigenvalue weighted by Crippen LogP contribution is 2.61. The lowest BCUT2D eigenvalue weighted by molar-refractivity contribution is 0.718. The third kappa shape index (κ3) is 5.67. The minimum absolute atomic E-state index is 0.434. The van der Waals surface area contributed by atoms with Crippen LogP contribution in [0.25, 0.3) is 101 Å². The second kappa shape index (κ2) is 14.4. The first kappa shape index (κ1) is 38.3. The van der Waals surface area contributed by atoms with Crippen molar-refractivity contribution in [1.82, 2.24) is 44.9 Å². The van der Waals surface area contributed by atoms with Crippen LogP contribution in [0.3, 0.4) is 0 Å². The smallest absolute Gasteiger partial charge is 0.159 e. The van der Waals surface area contributed by atoms with E-state index in [4.69, 9.17) is 44.9 Å². The van der Waals surface area contributed by atoms with Gasteiger partial charge in [-0.3, -0.25) is 0 Å². The predicted octanol–water partition coefficient (Wildman–Crippen LogP) is 13.8. The van der Waals surface area contributed by atoms with Crippen molar-refractivity contribution in [2.75, 3.05) is 0 Å². The molecule has 69 heavy (non-hydrogen) atoms. The lowest BCUT2D eigenvalue weighted by atomic mass is 9.83. The van der Waals surface area contributed by atoms with Gasteiger partial charge in [0, 0.05) is 33.4 Å². The van der Waals surface area contributed by atoms with Gasteiger partial charge >= 0.3 is 0 Å². The number of pyridine rings is 3. The minimum Gasteiger partial charge on any atom is -0.244 e. The predicted molar refractivity (Wildman–Crippen MR) is 270 cm³/mol. The van der Waals surface area contributed by atoms with Crippen LogP contribution in [-0.4, -0.2) is 44.9 Å². The van der Waals surface area contributed by atoms with E-state index in [1.54, 1.807) is 0 Å². The van der Waals surface area contributed by atoms with Crippen LogP contribution in [0.2, 0.25) is 0 Å². The number of rotatable bonds is 6. The molecule has 0 radical (unpaired) electrons. The van der Waals surface area contributed by atoms with E-state index in [1.165, 1.54) is 71.9 Å². The summed E-state index contributed by atoms with van der Waals surface area (Å²) in [7, 11) is 0. The van der Waals surface area contributed by atoms with Gasteiger partial charge in [-0.2, -0.15) is 0 Å². The molecule has 330 valence electrons. The van der Waals surface area contributed by atoms with Crippen molar-refractivity contribution in [3.05, 3.63) is 161 Å². The van der Waals surface area contributed by atoms with Crippen molar-refractivity contribution in [2.45, 2.75) is 93.3 Å². The highest BCUT2D eigenvalue weighted by atomic mass is 14.9. The Balaban J connectivity index is 0.955. The van der Waals surface area contributed by atoms with E-state index in [-0.39, 0.29) is 0 Å². The topological polar surface area (TPSA) is 116 Å². The average molecular weight is 892 g/mol. The molecule has 6 aromatic heterocycles. The zero-order valence-electron chi connectivity index (χ0n) is 38.0. The molecule has 6 heterocycles. The maximum absolute atomic E-state index is 5.63. The maximum Gasteiger partial charge on any atom is 0.159 e. The van der Waals surface area contributed by atoms with Crippen LogP contribution in [0.15, 0.2) is 128 Å². The average Bonchev–Trinajstić information content (AvgIpc) is 4.31. The van der Waals surface area contributed by atoms with Gasteiger partial charge in [0.2, 0.25) is 0 Å². The zero-order chi connectivity index (χ0) is 44.9. The Kier molecular flexibility index (Phi) is 8.02. The first-order chi connectivity index (χ1) is 34.1. The molecule has 3 fully saturated rings. The summed E-state index contributed by atoms with van der Waals surface area (Å²) in [6, 6.07) is 38.2. The standard InChI is InChI=1S/C60H45N9/c1-4-10-31(11-5-1)58-61-28-43-55(67-58)49-37-19-16-34(22-37)46(49)52(64-43)40-25-41(53-47-35-17-20-38(23-35)50(47)56-44(65-53)29-62-59(68-56)32-12-6-2-7-13-32)27-42(26-40)54-48-36-18-21-39(24-36)51(48)57-45(66-54)30-63-60(69-57)33-14-8-3-9-15-33/h1-15,25-30,34-39H,16-24H2. The molecule has 3 saturated carbocycles. The van der Waals surface area contributed by atoms with Crippen LogP contribution in [-0.2, 0) is 0 Å². The molecule has 6 aliphatic carbocycles. The number of aromatic nitrogens is 9. The summed E-state index contributed by atoms with van der Waals surface area (Å²) in [6.07, 6.45) is 16.4. The summed E-state index contributed by atoms with van der Waals surface area (Å²) in [5, 5.41) is 0. The van der Waals surface area contributed by atoms with E-state index >= 15 is 0 Å². The molecule has 6 aliphatic rings. The van der Waals surface area contributed by atoms with Gasteiger partial charge in [0.15, 0.2) is 17.5 Å². The van der Waals surface area contributed by atoms with Crippen molar-refractivity contribution in [3.63, 3.8) is 0 Å². The Hall–Kier alpha value is -7.65. The SMILES string of the molecule is c1ccc(-c2ncc3nc(-c4cc(-c5nc6cnc(-c7ccccc7)nc6c6c5C5CCC6C5)cc(-c5nc6cnc(-c7ccccc7)nc6c6c5C5CCC6C5)c4)c4c(c3n2)C2CCC4C2)cc1. The number of hydrogen-bond donors (Lipinski definition) is 0. The molecule has 0 N–H and O–H groups in total. The summed E-state index contributed by atoms with van der Waals surface area (Å²) in [5.74, 6) is 4.93. The van der Waals surface area contributed by atoms with Crippen LogP contribution in [0, 0.1) is 0 Å². The zero-order valence-corrected chi connectivity index (χ0v) is 38.0. The van der Waals surface area contributed by atoms with Gasteiger partial charge in [0.25, 0.3) is 0 Å². The van der Waals surface area contributed by atoms with Gasteiger partial charge in [0.1, 0.15) is 16.6 Å². The molecule has 6 unspecified atom stereocenters. The molecular formula is C60H45N9. The van der Waals surface area contributed by atoms with E-state index in [0.29, 0.717) is 35.5 Å². The fourth-order valence-corrected chi connectivity index (χ4v) is 14.1. The molecule has 16 rings (SSSR count). The molecule has 0 spiro atoms. The Morgan fingerprint density at radius 3 is 0.855 bits per heavy atom. The molecule has 6 atom stereocenters. The van der Waals surface area contributed by atoms with E-state index in [2.05, 4.69) is 91.0 Å². The number of fused-ring (bicyclic) bond motifs is 21. The van der Waals surface area contributed by atoms with Crippen LogP contribution < -0.4 is 0 Å². The van der Waals surface area contributed by atoms with Crippen molar-refractivity contribution >= 4 is 33.1 Å². The Bertz CT molecular complexity index is 3410. The lowest BCUT2D eigenvalue weighted by Crippen LogP contribution is -2.09. The summed E-state index contributed by atoms with van der Waals surface area (Å²) in [5.41, 5.74) is 23.3. The minimum atomic E-state index is 0.434. The van der Waals surface area contributed by atoms with E-state index < -0.39 is 0 Å². The monoisotopic (exact) mass is 891 g/mol. The van der Waals surface area contributed by atoms with Crippen molar-refractivity contribution < 1.29 is 0 Å². The Morgan fingerprint density at radius 2 is 0.565 bits per heavy atom. The lowest BCUT2D eigenvalue weighted by Gasteiger charge is -2.24.